The zero-order valence-electron chi connectivity index (χ0n) is 11.9. The third-order valence-corrected chi connectivity index (χ3v) is 3.53. The third kappa shape index (κ3) is 3.67. The second-order valence-electron chi connectivity index (χ2n) is 5.08. The standard InChI is InChI=1S/C15H24N2O2/c1-3-5-13-8-12(11-18)9-15(16-13)17-6-7-19-14(4-2)10-17/h8-9,14,18H,3-7,10-11H2,1-2H3. The molecule has 1 aromatic heterocycles. The average Bonchev–Trinajstić information content (AvgIpc) is 2.47. The summed E-state index contributed by atoms with van der Waals surface area (Å²) in [6.45, 7) is 6.90. The number of aryl methyl sites for hydroxylation is 1. The lowest BCUT2D eigenvalue weighted by atomic mass is 10.1. The van der Waals surface area contributed by atoms with Crippen LogP contribution < -0.4 is 4.90 Å². The van der Waals surface area contributed by atoms with Crippen LogP contribution in [0, 0.1) is 0 Å². The molecule has 0 spiro atoms. The lowest BCUT2D eigenvalue weighted by Gasteiger charge is -2.33. The summed E-state index contributed by atoms with van der Waals surface area (Å²) in [4.78, 5) is 7.00. The molecule has 0 radical (unpaired) electrons. The van der Waals surface area contributed by atoms with Crippen molar-refractivity contribution < 1.29 is 9.84 Å². The van der Waals surface area contributed by atoms with Gasteiger partial charge in [-0.2, -0.15) is 0 Å². The second kappa shape index (κ2) is 6.87. The Morgan fingerprint density at radius 1 is 1.42 bits per heavy atom. The number of nitrogens with zero attached hydrogens (tertiary/aromatic N) is 2. The SMILES string of the molecule is CCCc1cc(CO)cc(N2CCOC(CC)C2)n1. The molecule has 1 aliphatic heterocycles. The van der Waals surface area contributed by atoms with Crippen molar-refractivity contribution in [1.29, 1.82) is 0 Å². The van der Waals surface area contributed by atoms with Gasteiger partial charge >= 0.3 is 0 Å². The van der Waals surface area contributed by atoms with Crippen molar-refractivity contribution in [2.24, 2.45) is 0 Å². The van der Waals surface area contributed by atoms with Gasteiger partial charge in [0.15, 0.2) is 0 Å². The molecular formula is C15H24N2O2. The fourth-order valence-corrected chi connectivity index (χ4v) is 2.45. The highest BCUT2D eigenvalue weighted by Gasteiger charge is 2.20. The van der Waals surface area contributed by atoms with Crippen molar-refractivity contribution in [3.63, 3.8) is 0 Å². The largest absolute Gasteiger partial charge is 0.392 e. The smallest absolute Gasteiger partial charge is 0.129 e. The Labute approximate surface area is 115 Å². The number of pyridine rings is 1. The van der Waals surface area contributed by atoms with Crippen LogP contribution in [0.4, 0.5) is 5.82 Å². The first-order valence-electron chi connectivity index (χ1n) is 7.24. The molecule has 0 amide bonds. The second-order valence-corrected chi connectivity index (χ2v) is 5.08. The Kier molecular flexibility index (Phi) is 5.16. The van der Waals surface area contributed by atoms with Crippen LogP contribution in [0.25, 0.3) is 0 Å². The minimum absolute atomic E-state index is 0.0772. The van der Waals surface area contributed by atoms with E-state index in [2.05, 4.69) is 18.7 Å². The Morgan fingerprint density at radius 3 is 2.95 bits per heavy atom. The van der Waals surface area contributed by atoms with Gasteiger partial charge in [-0.15, -0.1) is 0 Å². The van der Waals surface area contributed by atoms with Crippen LogP contribution in [-0.2, 0) is 17.8 Å². The molecule has 1 aromatic rings. The zero-order valence-corrected chi connectivity index (χ0v) is 11.9. The molecule has 1 aliphatic rings. The van der Waals surface area contributed by atoms with E-state index in [4.69, 9.17) is 9.72 Å². The molecule has 2 heterocycles. The van der Waals surface area contributed by atoms with E-state index in [1.807, 2.05) is 12.1 Å². The molecule has 4 nitrogen and oxygen atoms in total. The highest BCUT2D eigenvalue weighted by molar-refractivity contribution is 5.43. The Hall–Kier alpha value is -1.13. The van der Waals surface area contributed by atoms with Crippen molar-refractivity contribution in [2.75, 3.05) is 24.6 Å². The van der Waals surface area contributed by atoms with E-state index in [9.17, 15) is 5.11 Å². The van der Waals surface area contributed by atoms with E-state index in [-0.39, 0.29) is 6.61 Å². The summed E-state index contributed by atoms with van der Waals surface area (Å²) in [7, 11) is 0. The van der Waals surface area contributed by atoms with E-state index >= 15 is 0 Å². The number of aliphatic hydroxyl groups excluding tert-OH is 1. The molecule has 106 valence electrons. The number of morpholine rings is 1. The summed E-state index contributed by atoms with van der Waals surface area (Å²) in [5.74, 6) is 0.983. The molecule has 0 aromatic carbocycles. The van der Waals surface area contributed by atoms with Gasteiger partial charge in [0.1, 0.15) is 5.82 Å². The molecule has 0 saturated carbocycles. The molecule has 2 rings (SSSR count). The summed E-state index contributed by atoms with van der Waals surface area (Å²) in [5.41, 5.74) is 2.02. The summed E-state index contributed by atoms with van der Waals surface area (Å²) >= 11 is 0. The molecule has 0 aliphatic carbocycles. The van der Waals surface area contributed by atoms with Crippen LogP contribution in [0.2, 0.25) is 0 Å². The maximum Gasteiger partial charge on any atom is 0.129 e. The third-order valence-electron chi connectivity index (χ3n) is 3.53. The van der Waals surface area contributed by atoms with Crippen LogP contribution in [0.3, 0.4) is 0 Å². The first kappa shape index (κ1) is 14.3. The van der Waals surface area contributed by atoms with E-state index in [1.165, 1.54) is 0 Å². The Bertz CT molecular complexity index is 409. The number of hydrogen-bond acceptors (Lipinski definition) is 4. The predicted molar refractivity (Wildman–Crippen MR) is 76.4 cm³/mol. The lowest BCUT2D eigenvalue weighted by molar-refractivity contribution is 0.0381. The summed E-state index contributed by atoms with van der Waals surface area (Å²) in [6.07, 6.45) is 3.35. The topological polar surface area (TPSA) is 45.6 Å². The summed E-state index contributed by atoms with van der Waals surface area (Å²) in [6, 6.07) is 4.00. The fourth-order valence-electron chi connectivity index (χ4n) is 2.45. The highest BCUT2D eigenvalue weighted by atomic mass is 16.5. The molecule has 4 heteroatoms. The number of aliphatic hydroxyl groups is 1. The van der Waals surface area contributed by atoms with Crippen LogP contribution >= 0.6 is 0 Å². The molecule has 1 unspecified atom stereocenters. The van der Waals surface area contributed by atoms with E-state index in [0.29, 0.717) is 6.10 Å². The van der Waals surface area contributed by atoms with Crippen molar-refractivity contribution in [3.05, 3.63) is 23.4 Å². The van der Waals surface area contributed by atoms with Crippen molar-refractivity contribution >= 4 is 5.82 Å². The minimum atomic E-state index is 0.0772. The van der Waals surface area contributed by atoms with Gasteiger partial charge in [-0.1, -0.05) is 20.3 Å². The van der Waals surface area contributed by atoms with E-state index in [1.54, 1.807) is 0 Å². The molecule has 1 fully saturated rings. The van der Waals surface area contributed by atoms with Gasteiger partial charge in [-0.3, -0.25) is 0 Å². The van der Waals surface area contributed by atoms with E-state index in [0.717, 1.165) is 56.0 Å². The minimum Gasteiger partial charge on any atom is -0.392 e. The van der Waals surface area contributed by atoms with Crippen molar-refractivity contribution in [3.8, 4) is 0 Å². The monoisotopic (exact) mass is 264 g/mol. The molecular weight excluding hydrogens is 240 g/mol. The summed E-state index contributed by atoms with van der Waals surface area (Å²) in [5, 5.41) is 9.38. The molecule has 19 heavy (non-hydrogen) atoms. The fraction of sp³-hybridized carbons (Fsp3) is 0.667. The van der Waals surface area contributed by atoms with Gasteiger partial charge in [0.25, 0.3) is 0 Å². The lowest BCUT2D eigenvalue weighted by Crippen LogP contribution is -2.42. The Morgan fingerprint density at radius 2 is 2.26 bits per heavy atom. The van der Waals surface area contributed by atoms with Crippen LogP contribution in [0.15, 0.2) is 12.1 Å². The Balaban J connectivity index is 2.19. The number of anilines is 1. The quantitative estimate of drug-likeness (QED) is 0.885. The van der Waals surface area contributed by atoms with Crippen molar-refractivity contribution in [1.82, 2.24) is 4.98 Å². The number of rotatable bonds is 5. The van der Waals surface area contributed by atoms with Crippen LogP contribution in [0.5, 0.6) is 0 Å². The van der Waals surface area contributed by atoms with Crippen molar-refractivity contribution in [2.45, 2.75) is 45.8 Å². The number of ether oxygens (including phenoxy) is 1. The number of aromatic nitrogens is 1. The molecule has 1 atom stereocenters. The normalized spacial score (nSPS) is 19.7. The van der Waals surface area contributed by atoms with Gasteiger partial charge in [0, 0.05) is 18.8 Å². The first-order chi connectivity index (χ1) is 9.26. The van der Waals surface area contributed by atoms with Crippen LogP contribution in [-0.4, -0.2) is 35.9 Å². The molecule has 1 N–H and O–H groups in total. The zero-order chi connectivity index (χ0) is 13.7. The maximum absolute atomic E-state index is 9.38. The molecule has 1 saturated heterocycles. The highest BCUT2D eigenvalue weighted by Crippen LogP contribution is 2.20. The van der Waals surface area contributed by atoms with Gasteiger partial charge in [0.05, 0.1) is 19.3 Å². The van der Waals surface area contributed by atoms with Gasteiger partial charge in [-0.05, 0) is 30.5 Å². The average molecular weight is 264 g/mol. The van der Waals surface area contributed by atoms with E-state index < -0.39 is 0 Å². The van der Waals surface area contributed by atoms with Gasteiger partial charge in [-0.25, -0.2) is 4.98 Å². The maximum atomic E-state index is 9.38. The predicted octanol–water partition coefficient (Wildman–Crippen LogP) is 2.14. The van der Waals surface area contributed by atoms with Crippen LogP contribution in [0.1, 0.15) is 37.9 Å². The molecule has 0 bridgehead atoms. The van der Waals surface area contributed by atoms with Gasteiger partial charge < -0.3 is 14.7 Å². The number of hydrogen-bond donors (Lipinski definition) is 1. The van der Waals surface area contributed by atoms with Gasteiger partial charge in [0.2, 0.25) is 0 Å². The first-order valence-corrected chi connectivity index (χ1v) is 7.24. The summed E-state index contributed by atoms with van der Waals surface area (Å²) < 4.78 is 5.69.